The quantitative estimate of drug-likeness (QED) is 0.576. The van der Waals surface area contributed by atoms with E-state index in [1.54, 1.807) is 0 Å². The number of unbranched alkanes of at least 4 members (excludes halogenated alkanes) is 2. The number of ether oxygens (including phenoxy) is 1. The van der Waals surface area contributed by atoms with Gasteiger partial charge in [0.2, 0.25) is 0 Å². The number of rotatable bonds is 8. The van der Waals surface area contributed by atoms with Gasteiger partial charge in [-0.25, -0.2) is 0 Å². The van der Waals surface area contributed by atoms with Crippen molar-refractivity contribution in [3.05, 3.63) is 65.2 Å². The van der Waals surface area contributed by atoms with E-state index in [2.05, 4.69) is 62.4 Å². The standard InChI is InChI=1S/C20H26O/c1-3-5-6-7-18-8-10-19(11-9-18)16-21-20-14-12-17(4-2)13-15-20/h8-15H,3-7,16H2,1-2H3. The van der Waals surface area contributed by atoms with Crippen LogP contribution in [0.3, 0.4) is 0 Å². The first kappa shape index (κ1) is 15.6. The maximum atomic E-state index is 5.83. The zero-order chi connectivity index (χ0) is 14.9. The van der Waals surface area contributed by atoms with Gasteiger partial charge in [-0.05, 0) is 48.1 Å². The van der Waals surface area contributed by atoms with E-state index in [1.807, 2.05) is 0 Å². The zero-order valence-corrected chi connectivity index (χ0v) is 13.3. The van der Waals surface area contributed by atoms with Crippen molar-refractivity contribution in [3.8, 4) is 5.75 Å². The van der Waals surface area contributed by atoms with E-state index in [-0.39, 0.29) is 0 Å². The van der Waals surface area contributed by atoms with Crippen LogP contribution >= 0.6 is 0 Å². The molecule has 1 nitrogen and oxygen atoms in total. The second kappa shape index (κ2) is 8.51. The fraction of sp³-hybridized carbons (Fsp3) is 0.400. The van der Waals surface area contributed by atoms with Gasteiger partial charge in [0.1, 0.15) is 12.4 Å². The molecule has 112 valence electrons. The lowest BCUT2D eigenvalue weighted by Gasteiger charge is -2.08. The molecular formula is C20H26O. The van der Waals surface area contributed by atoms with Crippen LogP contribution in [0.15, 0.2) is 48.5 Å². The van der Waals surface area contributed by atoms with Crippen LogP contribution in [0.2, 0.25) is 0 Å². The maximum absolute atomic E-state index is 5.83. The molecule has 0 spiro atoms. The highest BCUT2D eigenvalue weighted by molar-refractivity contribution is 5.28. The summed E-state index contributed by atoms with van der Waals surface area (Å²) in [5.74, 6) is 0.944. The third-order valence-corrected chi connectivity index (χ3v) is 3.83. The lowest BCUT2D eigenvalue weighted by Crippen LogP contribution is -1.96. The molecule has 0 saturated heterocycles. The normalized spacial score (nSPS) is 10.6. The van der Waals surface area contributed by atoms with Gasteiger partial charge in [-0.15, -0.1) is 0 Å². The van der Waals surface area contributed by atoms with Gasteiger partial charge in [0.05, 0.1) is 0 Å². The van der Waals surface area contributed by atoms with Gasteiger partial charge in [0.15, 0.2) is 0 Å². The minimum Gasteiger partial charge on any atom is -0.489 e. The van der Waals surface area contributed by atoms with Crippen molar-refractivity contribution in [2.45, 2.75) is 52.6 Å². The molecule has 0 aromatic heterocycles. The van der Waals surface area contributed by atoms with Gasteiger partial charge in [-0.2, -0.15) is 0 Å². The predicted octanol–water partition coefficient (Wildman–Crippen LogP) is 5.56. The summed E-state index contributed by atoms with van der Waals surface area (Å²) >= 11 is 0. The highest BCUT2D eigenvalue weighted by Crippen LogP contribution is 2.15. The van der Waals surface area contributed by atoms with Gasteiger partial charge >= 0.3 is 0 Å². The van der Waals surface area contributed by atoms with E-state index < -0.39 is 0 Å². The third-order valence-electron chi connectivity index (χ3n) is 3.83. The molecule has 0 radical (unpaired) electrons. The Balaban J connectivity index is 1.82. The molecule has 0 unspecified atom stereocenters. The van der Waals surface area contributed by atoms with Crippen LogP contribution in [0.4, 0.5) is 0 Å². The van der Waals surface area contributed by atoms with Gasteiger partial charge in [-0.3, -0.25) is 0 Å². The maximum Gasteiger partial charge on any atom is 0.119 e. The summed E-state index contributed by atoms with van der Waals surface area (Å²) < 4.78 is 5.83. The third kappa shape index (κ3) is 5.26. The van der Waals surface area contributed by atoms with Crippen LogP contribution in [0.25, 0.3) is 0 Å². The van der Waals surface area contributed by atoms with Gasteiger partial charge in [-0.1, -0.05) is 63.1 Å². The molecule has 2 aromatic carbocycles. The first-order chi connectivity index (χ1) is 10.3. The average molecular weight is 282 g/mol. The van der Waals surface area contributed by atoms with Gasteiger partial charge in [0, 0.05) is 0 Å². The first-order valence-electron chi connectivity index (χ1n) is 8.11. The second-order valence-electron chi connectivity index (χ2n) is 5.56. The summed E-state index contributed by atoms with van der Waals surface area (Å²) in [6.45, 7) is 5.05. The molecule has 0 heterocycles. The summed E-state index contributed by atoms with van der Waals surface area (Å²) in [6, 6.07) is 17.2. The summed E-state index contributed by atoms with van der Waals surface area (Å²) in [5, 5.41) is 0. The van der Waals surface area contributed by atoms with Crippen LogP contribution in [0, 0.1) is 0 Å². The molecule has 2 aromatic rings. The monoisotopic (exact) mass is 282 g/mol. The number of hydrogen-bond acceptors (Lipinski definition) is 1. The van der Waals surface area contributed by atoms with Crippen molar-refractivity contribution < 1.29 is 4.74 Å². The molecule has 21 heavy (non-hydrogen) atoms. The van der Waals surface area contributed by atoms with Crippen LogP contribution in [0.1, 0.15) is 49.8 Å². The average Bonchev–Trinajstić information content (AvgIpc) is 2.55. The topological polar surface area (TPSA) is 9.23 Å². The minimum absolute atomic E-state index is 0.640. The van der Waals surface area contributed by atoms with E-state index in [9.17, 15) is 0 Å². The molecule has 0 aliphatic carbocycles. The Morgan fingerprint density at radius 3 is 1.95 bits per heavy atom. The summed E-state index contributed by atoms with van der Waals surface area (Å²) in [4.78, 5) is 0. The van der Waals surface area contributed by atoms with Crippen LogP contribution < -0.4 is 4.74 Å². The lowest BCUT2D eigenvalue weighted by molar-refractivity contribution is 0.306. The van der Waals surface area contributed by atoms with Crippen molar-refractivity contribution in [1.29, 1.82) is 0 Å². The second-order valence-corrected chi connectivity index (χ2v) is 5.56. The Labute approximate surface area is 129 Å². The molecule has 0 N–H and O–H groups in total. The van der Waals surface area contributed by atoms with E-state index in [4.69, 9.17) is 4.74 Å². The van der Waals surface area contributed by atoms with Crippen molar-refractivity contribution in [1.82, 2.24) is 0 Å². The van der Waals surface area contributed by atoms with E-state index in [0.717, 1.165) is 12.2 Å². The minimum atomic E-state index is 0.640. The molecule has 0 aliphatic heterocycles. The summed E-state index contributed by atoms with van der Waals surface area (Å²) in [6.07, 6.45) is 6.14. The van der Waals surface area contributed by atoms with Gasteiger partial charge < -0.3 is 4.74 Å². The van der Waals surface area contributed by atoms with Crippen molar-refractivity contribution >= 4 is 0 Å². The molecule has 0 atom stereocenters. The molecule has 0 bridgehead atoms. The van der Waals surface area contributed by atoms with Gasteiger partial charge in [0.25, 0.3) is 0 Å². The van der Waals surface area contributed by atoms with Crippen LogP contribution in [-0.4, -0.2) is 0 Å². The zero-order valence-electron chi connectivity index (χ0n) is 13.3. The molecule has 2 rings (SSSR count). The van der Waals surface area contributed by atoms with E-state index in [0.29, 0.717) is 6.61 Å². The molecule has 0 amide bonds. The molecule has 0 saturated carbocycles. The lowest BCUT2D eigenvalue weighted by atomic mass is 10.1. The fourth-order valence-corrected chi connectivity index (χ4v) is 2.37. The number of aryl methyl sites for hydroxylation is 2. The van der Waals surface area contributed by atoms with E-state index in [1.165, 1.54) is 42.4 Å². The Morgan fingerprint density at radius 2 is 1.33 bits per heavy atom. The van der Waals surface area contributed by atoms with E-state index >= 15 is 0 Å². The smallest absolute Gasteiger partial charge is 0.119 e. The summed E-state index contributed by atoms with van der Waals surface area (Å²) in [7, 11) is 0. The Morgan fingerprint density at radius 1 is 0.714 bits per heavy atom. The largest absolute Gasteiger partial charge is 0.489 e. The van der Waals surface area contributed by atoms with Crippen LogP contribution in [0.5, 0.6) is 5.75 Å². The molecule has 1 heteroatoms. The van der Waals surface area contributed by atoms with Crippen molar-refractivity contribution in [2.24, 2.45) is 0 Å². The summed E-state index contributed by atoms with van der Waals surface area (Å²) in [5.41, 5.74) is 4.01. The van der Waals surface area contributed by atoms with Crippen LogP contribution in [-0.2, 0) is 19.4 Å². The van der Waals surface area contributed by atoms with Crippen molar-refractivity contribution in [2.75, 3.05) is 0 Å². The number of benzene rings is 2. The highest BCUT2D eigenvalue weighted by Gasteiger charge is 1.98. The Hall–Kier alpha value is -1.76. The predicted molar refractivity (Wildman–Crippen MR) is 89.8 cm³/mol. The first-order valence-corrected chi connectivity index (χ1v) is 8.11. The molecule has 0 fully saturated rings. The Kier molecular flexibility index (Phi) is 6.33. The Bertz CT molecular complexity index is 511. The molecule has 0 aliphatic rings. The van der Waals surface area contributed by atoms with Crippen molar-refractivity contribution in [3.63, 3.8) is 0 Å². The number of hydrogen-bond donors (Lipinski definition) is 0. The fourth-order valence-electron chi connectivity index (χ4n) is 2.37. The SMILES string of the molecule is CCCCCc1ccc(COc2ccc(CC)cc2)cc1. The molecular weight excluding hydrogens is 256 g/mol. The highest BCUT2D eigenvalue weighted by atomic mass is 16.5.